The lowest BCUT2D eigenvalue weighted by molar-refractivity contribution is 0.0976. The van der Waals surface area contributed by atoms with E-state index in [9.17, 15) is 4.79 Å². The summed E-state index contributed by atoms with van der Waals surface area (Å²) in [4.78, 5) is 16.1. The first kappa shape index (κ1) is 18.8. The van der Waals surface area contributed by atoms with E-state index in [1.54, 1.807) is 12.3 Å². The molecule has 2 aromatic heterocycles. The van der Waals surface area contributed by atoms with Gasteiger partial charge in [0.05, 0.1) is 12.1 Å². The van der Waals surface area contributed by atoms with E-state index in [2.05, 4.69) is 47.5 Å². The van der Waals surface area contributed by atoms with Gasteiger partial charge >= 0.3 is 0 Å². The zero-order chi connectivity index (χ0) is 18.5. The number of hydrogen-bond donors (Lipinski definition) is 2. The number of pyridine rings is 1. The van der Waals surface area contributed by atoms with Crippen molar-refractivity contribution in [3.63, 3.8) is 0 Å². The summed E-state index contributed by atoms with van der Waals surface area (Å²) >= 11 is 11.8. The summed E-state index contributed by atoms with van der Waals surface area (Å²) in [6.45, 7) is 0.367. The van der Waals surface area contributed by atoms with Crippen LogP contribution in [-0.4, -0.2) is 16.0 Å². The molecule has 0 aliphatic rings. The fraction of sp³-hybridized carbons (Fsp3) is 0.0556. The lowest BCUT2D eigenvalue weighted by Gasteiger charge is -2.08. The molecule has 0 unspecified atom stereocenters. The van der Waals surface area contributed by atoms with E-state index in [0.29, 0.717) is 17.9 Å². The Morgan fingerprint density at radius 1 is 1.08 bits per heavy atom. The van der Waals surface area contributed by atoms with Gasteiger partial charge in [-0.15, -0.1) is 0 Å². The third-order valence-corrected chi connectivity index (χ3v) is 4.62. The number of nitrogens with zero attached hydrogens (tertiary/aromatic N) is 1. The molecule has 26 heavy (non-hydrogen) atoms. The first-order valence-corrected chi connectivity index (χ1v) is 9.55. The highest BCUT2D eigenvalue weighted by molar-refractivity contribution is 9.10. The van der Waals surface area contributed by atoms with Gasteiger partial charge in [0, 0.05) is 26.9 Å². The molecular weight excluding hydrogens is 482 g/mol. The van der Waals surface area contributed by atoms with Crippen LogP contribution in [0.15, 0.2) is 68.2 Å². The van der Waals surface area contributed by atoms with Crippen molar-refractivity contribution in [2.24, 2.45) is 0 Å². The minimum absolute atomic E-state index is 0.219. The van der Waals surface area contributed by atoms with Gasteiger partial charge in [-0.05, 0) is 58.5 Å². The van der Waals surface area contributed by atoms with Crippen LogP contribution < -0.4 is 10.6 Å². The van der Waals surface area contributed by atoms with Crippen LogP contribution >= 0.6 is 44.1 Å². The number of hydrogen-bond acceptors (Lipinski definition) is 4. The second-order valence-corrected chi connectivity index (χ2v) is 7.54. The number of carbonyl (C=O) groups excluding carboxylic acids is 1. The molecule has 0 aliphatic heterocycles. The Morgan fingerprint density at radius 3 is 2.58 bits per heavy atom. The van der Waals surface area contributed by atoms with E-state index in [1.165, 1.54) is 6.20 Å². The van der Waals surface area contributed by atoms with Crippen molar-refractivity contribution in [1.82, 2.24) is 15.6 Å². The van der Waals surface area contributed by atoms with Crippen LogP contribution in [0.5, 0.6) is 0 Å². The Kier molecular flexibility index (Phi) is 6.18. The zero-order valence-corrected chi connectivity index (χ0v) is 17.3. The highest BCUT2D eigenvalue weighted by Crippen LogP contribution is 2.23. The second-order valence-electron chi connectivity index (χ2n) is 5.30. The normalized spacial score (nSPS) is 10.4. The summed E-state index contributed by atoms with van der Waals surface area (Å²) < 4.78 is 7.53. The fourth-order valence-corrected chi connectivity index (χ4v) is 2.96. The average molecular weight is 495 g/mol. The van der Waals surface area contributed by atoms with Gasteiger partial charge in [0.25, 0.3) is 5.91 Å². The van der Waals surface area contributed by atoms with Gasteiger partial charge in [-0.1, -0.05) is 28.1 Å². The maximum absolute atomic E-state index is 12.1. The smallest absolute Gasteiger partial charge is 0.259 e. The number of amides is 1. The van der Waals surface area contributed by atoms with Crippen LogP contribution in [0.25, 0.3) is 11.3 Å². The highest BCUT2D eigenvalue weighted by Gasteiger charge is 2.10. The molecular formula is C18H13Br2N3O2S. The number of carbonyl (C=O) groups is 1. The number of rotatable bonds is 4. The van der Waals surface area contributed by atoms with E-state index in [4.69, 9.17) is 16.6 Å². The van der Waals surface area contributed by atoms with Crippen molar-refractivity contribution >= 4 is 55.1 Å². The number of thiocarbonyl (C=S) groups is 1. The van der Waals surface area contributed by atoms with E-state index in [0.717, 1.165) is 20.3 Å². The quantitative estimate of drug-likeness (QED) is 0.516. The first-order valence-electron chi connectivity index (χ1n) is 7.55. The zero-order valence-electron chi connectivity index (χ0n) is 13.3. The van der Waals surface area contributed by atoms with Crippen LogP contribution in [0.4, 0.5) is 0 Å². The standard InChI is InChI=1S/C18H13Br2N3O2S/c19-13-3-1-11(2-4-13)16-6-5-15(25-16)10-22-18(26)23-17(24)12-7-14(20)9-21-8-12/h1-9H,10H2,(H2,22,23,24,26). The Hall–Kier alpha value is -2.03. The molecule has 0 atom stereocenters. The monoisotopic (exact) mass is 493 g/mol. The van der Waals surface area contributed by atoms with E-state index in [-0.39, 0.29) is 11.0 Å². The van der Waals surface area contributed by atoms with Gasteiger partial charge in [-0.25, -0.2) is 0 Å². The molecule has 0 fully saturated rings. The van der Waals surface area contributed by atoms with Gasteiger partial charge in [0.2, 0.25) is 0 Å². The molecule has 1 aromatic carbocycles. The predicted molar refractivity (Wildman–Crippen MR) is 111 cm³/mol. The van der Waals surface area contributed by atoms with Gasteiger partial charge in [0.15, 0.2) is 5.11 Å². The van der Waals surface area contributed by atoms with Crippen molar-refractivity contribution in [2.45, 2.75) is 6.54 Å². The Labute approximate surface area is 172 Å². The average Bonchev–Trinajstić information content (AvgIpc) is 3.09. The minimum atomic E-state index is -0.328. The van der Waals surface area contributed by atoms with Crippen LogP contribution in [0.2, 0.25) is 0 Å². The molecule has 0 radical (unpaired) electrons. The van der Waals surface area contributed by atoms with Crippen LogP contribution in [0.3, 0.4) is 0 Å². The highest BCUT2D eigenvalue weighted by atomic mass is 79.9. The topological polar surface area (TPSA) is 67.2 Å². The minimum Gasteiger partial charge on any atom is -0.459 e. The van der Waals surface area contributed by atoms with Gasteiger partial charge in [-0.3, -0.25) is 15.1 Å². The van der Waals surface area contributed by atoms with Crippen molar-refractivity contribution in [1.29, 1.82) is 0 Å². The summed E-state index contributed by atoms with van der Waals surface area (Å²) in [6, 6.07) is 13.3. The summed E-state index contributed by atoms with van der Waals surface area (Å²) in [5, 5.41) is 5.79. The van der Waals surface area contributed by atoms with E-state index < -0.39 is 0 Å². The molecule has 132 valence electrons. The number of furan rings is 1. The fourth-order valence-electron chi connectivity index (χ4n) is 2.17. The van der Waals surface area contributed by atoms with Crippen LogP contribution in [0, 0.1) is 0 Å². The third-order valence-electron chi connectivity index (χ3n) is 3.41. The predicted octanol–water partition coefficient (Wildman–Crippen LogP) is 4.67. The van der Waals surface area contributed by atoms with E-state index >= 15 is 0 Å². The molecule has 5 nitrogen and oxygen atoms in total. The maximum atomic E-state index is 12.1. The van der Waals surface area contributed by atoms with Crippen molar-refractivity contribution in [3.05, 3.63) is 75.1 Å². The van der Waals surface area contributed by atoms with Gasteiger partial charge < -0.3 is 9.73 Å². The van der Waals surface area contributed by atoms with Crippen LogP contribution in [-0.2, 0) is 6.54 Å². The van der Waals surface area contributed by atoms with Crippen molar-refractivity contribution in [2.75, 3.05) is 0 Å². The summed E-state index contributed by atoms with van der Waals surface area (Å²) in [5.41, 5.74) is 1.40. The molecule has 3 rings (SSSR count). The largest absolute Gasteiger partial charge is 0.459 e. The summed E-state index contributed by atoms with van der Waals surface area (Å²) in [6.07, 6.45) is 3.08. The SMILES string of the molecule is O=C(NC(=S)NCc1ccc(-c2ccc(Br)cc2)o1)c1cncc(Br)c1. The summed E-state index contributed by atoms with van der Waals surface area (Å²) in [5.74, 6) is 1.15. The number of halogens is 2. The van der Waals surface area contributed by atoms with E-state index in [1.807, 2.05) is 36.4 Å². The Bertz CT molecular complexity index is 942. The Balaban J connectivity index is 1.55. The molecule has 8 heteroatoms. The van der Waals surface area contributed by atoms with Crippen molar-refractivity contribution in [3.8, 4) is 11.3 Å². The molecule has 1 amide bonds. The maximum Gasteiger partial charge on any atom is 0.259 e. The number of aromatic nitrogens is 1. The number of nitrogens with one attached hydrogen (secondary N) is 2. The van der Waals surface area contributed by atoms with Gasteiger partial charge in [-0.2, -0.15) is 0 Å². The van der Waals surface area contributed by atoms with Gasteiger partial charge in [0.1, 0.15) is 11.5 Å². The molecule has 0 saturated carbocycles. The Morgan fingerprint density at radius 2 is 1.85 bits per heavy atom. The van der Waals surface area contributed by atoms with Crippen LogP contribution in [0.1, 0.15) is 16.1 Å². The lowest BCUT2D eigenvalue weighted by atomic mass is 10.2. The van der Waals surface area contributed by atoms with Crippen molar-refractivity contribution < 1.29 is 9.21 Å². The first-order chi connectivity index (χ1) is 12.5. The molecule has 0 spiro atoms. The molecule has 0 aliphatic carbocycles. The summed E-state index contributed by atoms with van der Waals surface area (Å²) in [7, 11) is 0. The molecule has 2 N–H and O–H groups in total. The molecule has 0 saturated heterocycles. The molecule has 3 aromatic rings. The molecule has 2 heterocycles. The number of benzene rings is 1. The third kappa shape index (κ3) is 5.00. The lowest BCUT2D eigenvalue weighted by Crippen LogP contribution is -2.38. The molecule has 0 bridgehead atoms. The second kappa shape index (κ2) is 8.57.